The first-order chi connectivity index (χ1) is 7.83. The highest BCUT2D eigenvalue weighted by Gasteiger charge is 1.98. The SMILES string of the molecule is COCCNCCN(C)Cc1ccccc1. The zero-order valence-corrected chi connectivity index (χ0v) is 10.3. The van der Waals surface area contributed by atoms with Gasteiger partial charge >= 0.3 is 0 Å². The van der Waals surface area contributed by atoms with Crippen molar-refractivity contribution >= 4 is 0 Å². The van der Waals surface area contributed by atoms with Gasteiger partial charge in [-0.1, -0.05) is 30.3 Å². The number of methoxy groups -OCH3 is 1. The Labute approximate surface area is 98.4 Å². The summed E-state index contributed by atoms with van der Waals surface area (Å²) in [6, 6.07) is 10.5. The predicted octanol–water partition coefficient (Wildman–Crippen LogP) is 1.35. The minimum atomic E-state index is 0.780. The highest BCUT2D eigenvalue weighted by Crippen LogP contribution is 2.01. The lowest BCUT2D eigenvalue weighted by Crippen LogP contribution is -2.30. The number of nitrogens with one attached hydrogen (secondary N) is 1. The molecule has 3 nitrogen and oxygen atoms in total. The summed E-state index contributed by atoms with van der Waals surface area (Å²) in [5.41, 5.74) is 1.36. The second-order valence-electron chi connectivity index (χ2n) is 3.97. The van der Waals surface area contributed by atoms with Crippen LogP contribution in [-0.4, -0.2) is 45.3 Å². The van der Waals surface area contributed by atoms with Crippen LogP contribution >= 0.6 is 0 Å². The molecule has 1 aromatic rings. The molecule has 0 aliphatic carbocycles. The van der Waals surface area contributed by atoms with Crippen LogP contribution in [0.4, 0.5) is 0 Å². The van der Waals surface area contributed by atoms with Crippen LogP contribution < -0.4 is 5.32 Å². The lowest BCUT2D eigenvalue weighted by molar-refractivity contribution is 0.197. The summed E-state index contributed by atoms with van der Waals surface area (Å²) >= 11 is 0. The van der Waals surface area contributed by atoms with E-state index in [0.29, 0.717) is 0 Å². The zero-order valence-electron chi connectivity index (χ0n) is 10.3. The first-order valence-electron chi connectivity index (χ1n) is 5.75. The third-order valence-electron chi connectivity index (χ3n) is 2.45. The van der Waals surface area contributed by atoms with Crippen LogP contribution in [0.1, 0.15) is 5.56 Å². The summed E-state index contributed by atoms with van der Waals surface area (Å²) in [5, 5.41) is 3.34. The quantitative estimate of drug-likeness (QED) is 0.672. The Bertz CT molecular complexity index is 264. The summed E-state index contributed by atoms with van der Waals surface area (Å²) < 4.78 is 4.97. The van der Waals surface area contributed by atoms with Crippen LogP contribution in [0.5, 0.6) is 0 Å². The molecule has 1 aromatic carbocycles. The van der Waals surface area contributed by atoms with Gasteiger partial charge in [0, 0.05) is 33.3 Å². The van der Waals surface area contributed by atoms with Crippen LogP contribution in [-0.2, 0) is 11.3 Å². The van der Waals surface area contributed by atoms with E-state index in [9.17, 15) is 0 Å². The molecule has 0 unspecified atom stereocenters. The number of likely N-dealkylation sites (N-methyl/N-ethyl adjacent to an activating group) is 1. The van der Waals surface area contributed by atoms with E-state index in [1.165, 1.54) is 5.56 Å². The molecular weight excluding hydrogens is 200 g/mol. The van der Waals surface area contributed by atoms with Gasteiger partial charge in [-0.3, -0.25) is 0 Å². The molecule has 0 saturated carbocycles. The number of benzene rings is 1. The van der Waals surface area contributed by atoms with Crippen molar-refractivity contribution in [3.05, 3.63) is 35.9 Å². The molecule has 3 heteroatoms. The fourth-order valence-electron chi connectivity index (χ4n) is 1.54. The third-order valence-corrected chi connectivity index (χ3v) is 2.45. The first kappa shape index (κ1) is 13.2. The van der Waals surface area contributed by atoms with E-state index in [2.05, 4.69) is 47.6 Å². The summed E-state index contributed by atoms with van der Waals surface area (Å²) in [7, 11) is 3.87. The first-order valence-corrected chi connectivity index (χ1v) is 5.75. The van der Waals surface area contributed by atoms with Crippen LogP contribution in [0.15, 0.2) is 30.3 Å². The van der Waals surface area contributed by atoms with E-state index in [1.54, 1.807) is 7.11 Å². The topological polar surface area (TPSA) is 24.5 Å². The number of hydrogen-bond acceptors (Lipinski definition) is 3. The van der Waals surface area contributed by atoms with Crippen molar-refractivity contribution in [3.8, 4) is 0 Å². The molecule has 0 aliphatic rings. The predicted molar refractivity (Wildman–Crippen MR) is 67.5 cm³/mol. The van der Waals surface area contributed by atoms with Crippen molar-refractivity contribution in [3.63, 3.8) is 0 Å². The van der Waals surface area contributed by atoms with E-state index in [0.717, 1.165) is 32.8 Å². The Morgan fingerprint density at radius 1 is 1.19 bits per heavy atom. The van der Waals surface area contributed by atoms with Crippen LogP contribution in [0, 0.1) is 0 Å². The van der Waals surface area contributed by atoms with Gasteiger partial charge < -0.3 is 15.0 Å². The van der Waals surface area contributed by atoms with Crippen molar-refractivity contribution in [1.29, 1.82) is 0 Å². The molecule has 0 radical (unpaired) electrons. The molecule has 0 atom stereocenters. The van der Waals surface area contributed by atoms with Crippen LogP contribution in [0.2, 0.25) is 0 Å². The molecule has 0 aromatic heterocycles. The van der Waals surface area contributed by atoms with Gasteiger partial charge in [0.1, 0.15) is 0 Å². The van der Waals surface area contributed by atoms with Gasteiger partial charge in [-0.05, 0) is 12.6 Å². The summed E-state index contributed by atoms with van der Waals surface area (Å²) in [5.74, 6) is 0. The van der Waals surface area contributed by atoms with Crippen molar-refractivity contribution in [2.75, 3.05) is 40.4 Å². The van der Waals surface area contributed by atoms with E-state index >= 15 is 0 Å². The molecule has 1 N–H and O–H groups in total. The van der Waals surface area contributed by atoms with Crippen molar-refractivity contribution < 1.29 is 4.74 Å². The molecule has 0 saturated heterocycles. The maximum atomic E-state index is 4.97. The molecule has 0 aliphatic heterocycles. The largest absolute Gasteiger partial charge is 0.383 e. The standard InChI is InChI=1S/C13H22N2O/c1-15(10-8-14-9-11-16-2)12-13-6-4-3-5-7-13/h3-7,14H,8-12H2,1-2H3. The highest BCUT2D eigenvalue weighted by molar-refractivity contribution is 5.14. The molecule has 0 bridgehead atoms. The maximum Gasteiger partial charge on any atom is 0.0587 e. The van der Waals surface area contributed by atoms with Gasteiger partial charge in [-0.2, -0.15) is 0 Å². The molecule has 0 amide bonds. The van der Waals surface area contributed by atoms with Gasteiger partial charge in [0.05, 0.1) is 6.61 Å². The molecule has 90 valence electrons. The summed E-state index contributed by atoms with van der Waals surface area (Å²) in [6.07, 6.45) is 0. The van der Waals surface area contributed by atoms with Crippen LogP contribution in [0.25, 0.3) is 0 Å². The number of rotatable bonds is 8. The van der Waals surface area contributed by atoms with Crippen molar-refractivity contribution in [2.45, 2.75) is 6.54 Å². The van der Waals surface area contributed by atoms with E-state index in [-0.39, 0.29) is 0 Å². The summed E-state index contributed by atoms with van der Waals surface area (Å²) in [6.45, 7) is 4.77. The number of hydrogen-bond donors (Lipinski definition) is 1. The molecule has 0 fully saturated rings. The fourth-order valence-corrected chi connectivity index (χ4v) is 1.54. The maximum absolute atomic E-state index is 4.97. The number of nitrogens with zero attached hydrogens (tertiary/aromatic N) is 1. The van der Waals surface area contributed by atoms with Crippen LogP contribution in [0.3, 0.4) is 0 Å². The number of ether oxygens (including phenoxy) is 1. The van der Waals surface area contributed by atoms with E-state index in [1.807, 2.05) is 0 Å². The average Bonchev–Trinajstić information content (AvgIpc) is 2.30. The highest BCUT2D eigenvalue weighted by atomic mass is 16.5. The zero-order chi connectivity index (χ0) is 11.6. The third kappa shape index (κ3) is 5.85. The summed E-state index contributed by atoms with van der Waals surface area (Å²) in [4.78, 5) is 2.31. The Morgan fingerprint density at radius 3 is 2.62 bits per heavy atom. The van der Waals surface area contributed by atoms with E-state index in [4.69, 9.17) is 4.74 Å². The van der Waals surface area contributed by atoms with Crippen molar-refractivity contribution in [2.24, 2.45) is 0 Å². The van der Waals surface area contributed by atoms with Gasteiger partial charge in [0.15, 0.2) is 0 Å². The fraction of sp³-hybridized carbons (Fsp3) is 0.538. The van der Waals surface area contributed by atoms with Gasteiger partial charge in [-0.15, -0.1) is 0 Å². The lowest BCUT2D eigenvalue weighted by atomic mass is 10.2. The van der Waals surface area contributed by atoms with Gasteiger partial charge in [-0.25, -0.2) is 0 Å². The molecule has 0 heterocycles. The lowest BCUT2D eigenvalue weighted by Gasteiger charge is -2.16. The molecule has 0 spiro atoms. The normalized spacial score (nSPS) is 10.9. The van der Waals surface area contributed by atoms with E-state index < -0.39 is 0 Å². The molecule has 1 rings (SSSR count). The van der Waals surface area contributed by atoms with Gasteiger partial charge in [0.25, 0.3) is 0 Å². The Kier molecular flexibility index (Phi) is 6.81. The average molecular weight is 222 g/mol. The second-order valence-corrected chi connectivity index (χ2v) is 3.97. The monoisotopic (exact) mass is 222 g/mol. The molecular formula is C13H22N2O. The minimum absolute atomic E-state index is 0.780. The van der Waals surface area contributed by atoms with Gasteiger partial charge in [0.2, 0.25) is 0 Å². The second kappa shape index (κ2) is 8.28. The Hall–Kier alpha value is -0.900. The van der Waals surface area contributed by atoms with Crippen molar-refractivity contribution in [1.82, 2.24) is 10.2 Å². The smallest absolute Gasteiger partial charge is 0.0587 e. The Balaban J connectivity index is 2.09. The minimum Gasteiger partial charge on any atom is -0.383 e. The molecule has 16 heavy (non-hydrogen) atoms. The Morgan fingerprint density at radius 2 is 1.94 bits per heavy atom.